The van der Waals surface area contributed by atoms with Gasteiger partial charge in [0.05, 0.1) is 34.0 Å². The van der Waals surface area contributed by atoms with Gasteiger partial charge in [-0.2, -0.15) is 0 Å². The van der Waals surface area contributed by atoms with Crippen LogP contribution in [0.1, 0.15) is 41.6 Å². The summed E-state index contributed by atoms with van der Waals surface area (Å²) in [5.41, 5.74) is 4.38. The number of imidazole rings is 1. The summed E-state index contributed by atoms with van der Waals surface area (Å²) < 4.78 is 30.6. The van der Waals surface area contributed by atoms with E-state index in [0.717, 1.165) is 35.9 Å². The van der Waals surface area contributed by atoms with Crippen molar-refractivity contribution in [3.05, 3.63) is 94.3 Å². The molecule has 2 atom stereocenters. The van der Waals surface area contributed by atoms with Crippen LogP contribution in [0.15, 0.2) is 65.9 Å². The molecule has 0 saturated carbocycles. The normalized spacial score (nSPS) is 20.9. The van der Waals surface area contributed by atoms with Crippen molar-refractivity contribution in [3.8, 4) is 0 Å². The molecule has 4 aromatic rings. The number of H-pyrrole nitrogens is 1. The van der Waals surface area contributed by atoms with Crippen LogP contribution in [0, 0.1) is 11.6 Å². The number of nitrogens with zero attached hydrogens (tertiary/aromatic N) is 3. The van der Waals surface area contributed by atoms with E-state index in [2.05, 4.69) is 27.4 Å². The van der Waals surface area contributed by atoms with Gasteiger partial charge in [0.2, 0.25) is 0 Å². The Bertz CT molecular complexity index is 1500. The van der Waals surface area contributed by atoms with E-state index in [1.165, 1.54) is 17.7 Å². The molecule has 2 heterocycles. The lowest BCUT2D eigenvalue weighted by molar-refractivity contribution is 0.547. The maximum absolute atomic E-state index is 15.4. The SMILES string of the molecule is Fc1ccc(Cl)c(F)c1C1/C(=N/C2CCCc3ccccc32)NC(=S)N1c1ccc2nc[nH]c2c1. The number of thiocarbonyl (C=S) groups is 1. The van der Waals surface area contributed by atoms with E-state index in [9.17, 15) is 0 Å². The fourth-order valence-corrected chi connectivity index (χ4v) is 5.49. The molecule has 1 fully saturated rings. The van der Waals surface area contributed by atoms with Gasteiger partial charge in [0, 0.05) is 5.69 Å². The average molecular weight is 508 g/mol. The smallest absolute Gasteiger partial charge is 0.179 e. The summed E-state index contributed by atoms with van der Waals surface area (Å²) in [5, 5.41) is 3.29. The lowest BCUT2D eigenvalue weighted by Gasteiger charge is -2.27. The first-order chi connectivity index (χ1) is 17.0. The number of aromatic amines is 1. The number of halogens is 3. The van der Waals surface area contributed by atoms with Crippen LogP contribution < -0.4 is 10.2 Å². The highest BCUT2D eigenvalue weighted by Gasteiger charge is 2.41. The first kappa shape index (κ1) is 22.1. The maximum Gasteiger partial charge on any atom is 0.179 e. The molecule has 0 amide bonds. The van der Waals surface area contributed by atoms with Crippen molar-refractivity contribution in [2.24, 2.45) is 4.99 Å². The van der Waals surface area contributed by atoms with Gasteiger partial charge in [0.1, 0.15) is 23.5 Å². The van der Waals surface area contributed by atoms with Gasteiger partial charge in [0.25, 0.3) is 0 Å². The van der Waals surface area contributed by atoms with Gasteiger partial charge in [-0.05, 0) is 72.9 Å². The van der Waals surface area contributed by atoms with Crippen LogP contribution in [0.3, 0.4) is 0 Å². The summed E-state index contributed by atoms with van der Waals surface area (Å²) >= 11 is 11.8. The van der Waals surface area contributed by atoms with Crippen molar-refractivity contribution in [2.75, 3.05) is 4.90 Å². The predicted molar refractivity (Wildman–Crippen MR) is 138 cm³/mol. The van der Waals surface area contributed by atoms with E-state index < -0.39 is 17.7 Å². The summed E-state index contributed by atoms with van der Waals surface area (Å²) in [6, 6.07) is 15.0. The van der Waals surface area contributed by atoms with E-state index in [1.54, 1.807) is 11.2 Å². The topological polar surface area (TPSA) is 56.3 Å². The largest absolute Gasteiger partial charge is 0.345 e. The van der Waals surface area contributed by atoms with E-state index in [1.807, 2.05) is 30.3 Å². The molecule has 1 aliphatic carbocycles. The number of fused-ring (bicyclic) bond motifs is 2. The fraction of sp³-hybridized carbons (Fsp3) is 0.192. The predicted octanol–water partition coefficient (Wildman–Crippen LogP) is 6.41. The van der Waals surface area contributed by atoms with Crippen LogP contribution in [0.4, 0.5) is 14.5 Å². The molecule has 2 unspecified atom stereocenters. The summed E-state index contributed by atoms with van der Waals surface area (Å²) in [6.07, 6.45) is 4.40. The standard InChI is InChI=1S/C26H20ClF2N5S/c27-17-9-10-18(28)22(23(17)29)24-25(32-19-7-3-5-14-4-1-2-6-16(14)19)33-26(35)34(24)15-8-11-20-21(12-15)31-13-30-20/h1-2,4,6,8-13,19,24H,3,5,7H2,(H,30,31)(H,32,33,35). The zero-order chi connectivity index (χ0) is 24.1. The number of aliphatic imine (C=N–C) groups is 1. The number of hydrogen-bond donors (Lipinski definition) is 2. The minimum atomic E-state index is -0.948. The Morgan fingerprint density at radius 2 is 1.97 bits per heavy atom. The molecule has 0 spiro atoms. The minimum Gasteiger partial charge on any atom is -0.345 e. The number of aryl methyl sites for hydroxylation is 1. The Kier molecular flexibility index (Phi) is 5.50. The van der Waals surface area contributed by atoms with Gasteiger partial charge in [-0.1, -0.05) is 35.9 Å². The van der Waals surface area contributed by atoms with Gasteiger partial charge in [0.15, 0.2) is 5.11 Å². The fourth-order valence-electron chi connectivity index (χ4n) is 5.01. The Morgan fingerprint density at radius 1 is 1.11 bits per heavy atom. The third kappa shape index (κ3) is 3.77. The lowest BCUT2D eigenvalue weighted by Crippen LogP contribution is -2.30. The highest BCUT2D eigenvalue weighted by atomic mass is 35.5. The van der Waals surface area contributed by atoms with Crippen LogP contribution in [0.2, 0.25) is 5.02 Å². The van der Waals surface area contributed by atoms with E-state index in [4.69, 9.17) is 28.8 Å². The first-order valence-electron chi connectivity index (χ1n) is 11.3. The molecule has 5 nitrogen and oxygen atoms in total. The molecule has 1 aliphatic heterocycles. The van der Waals surface area contributed by atoms with E-state index in [-0.39, 0.29) is 16.6 Å². The van der Waals surface area contributed by atoms with Crippen molar-refractivity contribution < 1.29 is 8.78 Å². The van der Waals surface area contributed by atoms with Gasteiger partial charge in [-0.15, -0.1) is 0 Å². The zero-order valence-electron chi connectivity index (χ0n) is 18.4. The lowest BCUT2D eigenvalue weighted by atomic mass is 9.88. The molecule has 2 aliphatic rings. The number of anilines is 1. The Hall–Kier alpha value is -3.36. The molecule has 0 bridgehead atoms. The molecule has 1 saturated heterocycles. The maximum atomic E-state index is 15.4. The number of nitrogens with one attached hydrogen (secondary N) is 2. The summed E-state index contributed by atoms with van der Waals surface area (Å²) in [6.45, 7) is 0. The van der Waals surface area contributed by atoms with Crippen molar-refractivity contribution in [1.29, 1.82) is 0 Å². The summed E-state index contributed by atoms with van der Waals surface area (Å²) in [7, 11) is 0. The first-order valence-corrected chi connectivity index (χ1v) is 12.1. The Morgan fingerprint density at radius 3 is 2.86 bits per heavy atom. The third-order valence-corrected chi connectivity index (χ3v) is 7.23. The second kappa shape index (κ2) is 8.70. The molecule has 9 heteroatoms. The Labute approximate surface area is 210 Å². The van der Waals surface area contributed by atoms with Crippen molar-refractivity contribution in [3.63, 3.8) is 0 Å². The van der Waals surface area contributed by atoms with Crippen LogP contribution in [-0.4, -0.2) is 20.9 Å². The summed E-state index contributed by atoms with van der Waals surface area (Å²) in [5.74, 6) is -1.15. The average Bonchev–Trinajstić information content (AvgIpc) is 3.45. The van der Waals surface area contributed by atoms with Crippen LogP contribution in [0.25, 0.3) is 11.0 Å². The Balaban J connectivity index is 1.52. The molecule has 2 N–H and O–H groups in total. The summed E-state index contributed by atoms with van der Waals surface area (Å²) in [4.78, 5) is 14.0. The molecular weight excluding hydrogens is 488 g/mol. The number of rotatable bonds is 3. The molecule has 1 aromatic heterocycles. The van der Waals surface area contributed by atoms with E-state index in [0.29, 0.717) is 16.6 Å². The molecule has 3 aromatic carbocycles. The number of amidine groups is 1. The highest BCUT2D eigenvalue weighted by molar-refractivity contribution is 7.80. The number of aromatic nitrogens is 2. The second-order valence-corrected chi connectivity index (χ2v) is 9.48. The quantitative estimate of drug-likeness (QED) is 0.248. The minimum absolute atomic E-state index is 0.145. The third-order valence-electron chi connectivity index (χ3n) is 6.64. The van der Waals surface area contributed by atoms with Gasteiger partial charge < -0.3 is 15.2 Å². The molecule has 176 valence electrons. The monoisotopic (exact) mass is 507 g/mol. The molecule has 0 radical (unpaired) electrons. The van der Waals surface area contributed by atoms with Crippen molar-refractivity contribution >= 4 is 51.5 Å². The van der Waals surface area contributed by atoms with Gasteiger partial charge >= 0.3 is 0 Å². The second-order valence-electron chi connectivity index (χ2n) is 8.68. The van der Waals surface area contributed by atoms with Crippen LogP contribution in [-0.2, 0) is 6.42 Å². The van der Waals surface area contributed by atoms with Crippen molar-refractivity contribution in [1.82, 2.24) is 15.3 Å². The molecular formula is C26H20ClF2N5S. The van der Waals surface area contributed by atoms with Crippen LogP contribution in [0.5, 0.6) is 0 Å². The van der Waals surface area contributed by atoms with Gasteiger partial charge in [-0.3, -0.25) is 4.99 Å². The van der Waals surface area contributed by atoms with Gasteiger partial charge in [-0.25, -0.2) is 13.8 Å². The highest BCUT2D eigenvalue weighted by Crippen LogP contribution is 2.40. The number of benzene rings is 3. The van der Waals surface area contributed by atoms with Crippen LogP contribution >= 0.6 is 23.8 Å². The molecule has 6 rings (SSSR count). The van der Waals surface area contributed by atoms with E-state index >= 15 is 8.78 Å². The van der Waals surface area contributed by atoms with Crippen molar-refractivity contribution in [2.45, 2.75) is 31.3 Å². The number of hydrogen-bond acceptors (Lipinski definition) is 3. The molecule has 35 heavy (non-hydrogen) atoms. The zero-order valence-corrected chi connectivity index (χ0v) is 20.0.